The molecule has 0 bridgehead atoms. The third kappa shape index (κ3) is 5.32. The SMILES string of the molecule is CC(C)(C)OCC(O)CN1CCCC(N2CCCC2)C1. The molecule has 0 saturated carbocycles. The van der Waals surface area contributed by atoms with E-state index in [0.29, 0.717) is 12.6 Å². The highest BCUT2D eigenvalue weighted by molar-refractivity contribution is 4.84. The fraction of sp³-hybridized carbons (Fsp3) is 1.00. The largest absolute Gasteiger partial charge is 0.389 e. The van der Waals surface area contributed by atoms with Crippen molar-refractivity contribution in [2.24, 2.45) is 0 Å². The Hall–Kier alpha value is -0.160. The Bertz CT molecular complexity index is 285. The van der Waals surface area contributed by atoms with Crippen LogP contribution >= 0.6 is 0 Å². The van der Waals surface area contributed by atoms with Crippen LogP contribution in [0.5, 0.6) is 0 Å². The van der Waals surface area contributed by atoms with E-state index in [-0.39, 0.29) is 11.7 Å². The zero-order valence-corrected chi connectivity index (χ0v) is 13.5. The summed E-state index contributed by atoms with van der Waals surface area (Å²) in [4.78, 5) is 5.06. The monoisotopic (exact) mass is 284 g/mol. The van der Waals surface area contributed by atoms with E-state index in [1.807, 2.05) is 20.8 Å². The molecule has 2 rings (SSSR count). The number of rotatable bonds is 5. The van der Waals surface area contributed by atoms with Crippen molar-refractivity contribution in [2.75, 3.05) is 39.3 Å². The minimum atomic E-state index is -0.369. The molecule has 0 aromatic carbocycles. The zero-order chi connectivity index (χ0) is 14.6. The Kier molecular flexibility index (Phi) is 5.84. The van der Waals surface area contributed by atoms with Crippen LogP contribution < -0.4 is 0 Å². The van der Waals surface area contributed by atoms with Crippen LogP contribution in [0.4, 0.5) is 0 Å². The summed E-state index contributed by atoms with van der Waals surface area (Å²) in [5.41, 5.74) is -0.166. The van der Waals surface area contributed by atoms with Gasteiger partial charge in [0.1, 0.15) is 0 Å². The fourth-order valence-electron chi connectivity index (χ4n) is 3.30. The van der Waals surface area contributed by atoms with Crippen molar-refractivity contribution in [3.05, 3.63) is 0 Å². The molecule has 0 aromatic heterocycles. The molecule has 0 spiro atoms. The molecular weight excluding hydrogens is 252 g/mol. The van der Waals surface area contributed by atoms with E-state index in [1.54, 1.807) is 0 Å². The summed E-state index contributed by atoms with van der Waals surface area (Å²) in [6, 6.07) is 0.710. The topological polar surface area (TPSA) is 35.9 Å². The number of aliphatic hydroxyl groups excluding tert-OH is 1. The average Bonchev–Trinajstić information content (AvgIpc) is 2.90. The van der Waals surface area contributed by atoms with Crippen molar-refractivity contribution in [1.82, 2.24) is 9.80 Å². The second-order valence-corrected chi connectivity index (χ2v) is 7.38. The van der Waals surface area contributed by atoms with Crippen molar-refractivity contribution >= 4 is 0 Å². The van der Waals surface area contributed by atoms with Gasteiger partial charge in [0, 0.05) is 19.1 Å². The molecule has 0 aliphatic carbocycles. The lowest BCUT2D eigenvalue weighted by Crippen LogP contribution is -2.49. The molecule has 118 valence electrons. The van der Waals surface area contributed by atoms with Gasteiger partial charge in [0.15, 0.2) is 0 Å². The van der Waals surface area contributed by atoms with Crippen molar-refractivity contribution in [3.63, 3.8) is 0 Å². The van der Waals surface area contributed by atoms with Gasteiger partial charge in [0.25, 0.3) is 0 Å². The molecule has 2 atom stereocenters. The molecule has 0 radical (unpaired) electrons. The van der Waals surface area contributed by atoms with Crippen LogP contribution in [0, 0.1) is 0 Å². The summed E-state index contributed by atoms with van der Waals surface area (Å²) in [7, 11) is 0. The number of β-amino-alcohol motifs (C(OH)–C–C–N with tert-alkyl or cyclic N) is 1. The van der Waals surface area contributed by atoms with Crippen LogP contribution in [0.15, 0.2) is 0 Å². The first-order valence-corrected chi connectivity index (χ1v) is 8.22. The molecular formula is C16H32N2O2. The molecule has 4 heteroatoms. The van der Waals surface area contributed by atoms with E-state index in [4.69, 9.17) is 4.74 Å². The van der Waals surface area contributed by atoms with Gasteiger partial charge in [-0.2, -0.15) is 0 Å². The van der Waals surface area contributed by atoms with Crippen molar-refractivity contribution < 1.29 is 9.84 Å². The molecule has 2 unspecified atom stereocenters. The van der Waals surface area contributed by atoms with E-state index in [9.17, 15) is 5.11 Å². The number of hydrogen-bond donors (Lipinski definition) is 1. The van der Waals surface area contributed by atoms with Gasteiger partial charge in [-0.25, -0.2) is 0 Å². The number of piperidine rings is 1. The molecule has 0 aromatic rings. The summed E-state index contributed by atoms with van der Waals surface area (Å²) < 4.78 is 5.67. The summed E-state index contributed by atoms with van der Waals surface area (Å²) in [5.74, 6) is 0. The Balaban J connectivity index is 1.71. The maximum atomic E-state index is 10.1. The third-order valence-electron chi connectivity index (χ3n) is 4.32. The van der Waals surface area contributed by atoms with E-state index in [2.05, 4.69) is 9.80 Å². The van der Waals surface area contributed by atoms with Crippen molar-refractivity contribution in [3.8, 4) is 0 Å². The van der Waals surface area contributed by atoms with Crippen LogP contribution in [0.2, 0.25) is 0 Å². The Morgan fingerprint density at radius 2 is 1.85 bits per heavy atom. The Morgan fingerprint density at radius 1 is 1.15 bits per heavy atom. The number of aliphatic hydroxyl groups is 1. The van der Waals surface area contributed by atoms with Gasteiger partial charge in [0.2, 0.25) is 0 Å². The minimum Gasteiger partial charge on any atom is -0.389 e. The van der Waals surface area contributed by atoms with E-state index in [1.165, 1.54) is 38.8 Å². The normalized spacial score (nSPS) is 27.9. The maximum Gasteiger partial charge on any atom is 0.0900 e. The first-order chi connectivity index (χ1) is 9.44. The summed E-state index contributed by atoms with van der Waals surface area (Å²) >= 11 is 0. The summed E-state index contributed by atoms with van der Waals surface area (Å²) in [5, 5.41) is 10.1. The molecule has 2 saturated heterocycles. The molecule has 2 fully saturated rings. The third-order valence-corrected chi connectivity index (χ3v) is 4.32. The number of nitrogens with zero attached hydrogens (tertiary/aromatic N) is 2. The van der Waals surface area contributed by atoms with Crippen LogP contribution in [0.1, 0.15) is 46.5 Å². The van der Waals surface area contributed by atoms with Crippen molar-refractivity contribution in [1.29, 1.82) is 0 Å². The van der Waals surface area contributed by atoms with Crippen LogP contribution in [-0.4, -0.2) is 72.0 Å². The highest BCUT2D eigenvalue weighted by Crippen LogP contribution is 2.20. The summed E-state index contributed by atoms with van der Waals surface area (Å²) in [6.45, 7) is 12.1. The molecule has 4 nitrogen and oxygen atoms in total. The lowest BCUT2D eigenvalue weighted by atomic mass is 10.0. The fourth-order valence-corrected chi connectivity index (χ4v) is 3.30. The molecule has 20 heavy (non-hydrogen) atoms. The Labute approximate surface area is 124 Å². The predicted octanol–water partition coefficient (Wildman–Crippen LogP) is 1.72. The van der Waals surface area contributed by atoms with E-state index in [0.717, 1.165) is 19.6 Å². The molecule has 2 aliphatic rings. The van der Waals surface area contributed by atoms with Gasteiger partial charge in [-0.3, -0.25) is 9.80 Å². The standard InChI is InChI=1S/C16H32N2O2/c1-16(2,3)20-13-15(19)12-17-8-6-7-14(11-17)18-9-4-5-10-18/h14-15,19H,4-13H2,1-3H3. The maximum absolute atomic E-state index is 10.1. The molecule has 1 N–H and O–H groups in total. The highest BCUT2D eigenvalue weighted by atomic mass is 16.5. The minimum absolute atomic E-state index is 0.166. The smallest absolute Gasteiger partial charge is 0.0900 e. The Morgan fingerprint density at radius 3 is 2.50 bits per heavy atom. The van der Waals surface area contributed by atoms with Crippen LogP contribution in [0.25, 0.3) is 0 Å². The number of hydrogen-bond acceptors (Lipinski definition) is 4. The van der Waals surface area contributed by atoms with E-state index < -0.39 is 0 Å². The van der Waals surface area contributed by atoms with Gasteiger partial charge in [0.05, 0.1) is 18.3 Å². The lowest BCUT2D eigenvalue weighted by Gasteiger charge is -2.38. The second-order valence-electron chi connectivity index (χ2n) is 7.38. The van der Waals surface area contributed by atoms with Crippen LogP contribution in [0.3, 0.4) is 0 Å². The van der Waals surface area contributed by atoms with Crippen molar-refractivity contribution in [2.45, 2.75) is 64.2 Å². The van der Waals surface area contributed by atoms with Crippen LogP contribution in [-0.2, 0) is 4.74 Å². The lowest BCUT2D eigenvalue weighted by molar-refractivity contribution is -0.0590. The average molecular weight is 284 g/mol. The van der Waals surface area contributed by atoms with E-state index >= 15 is 0 Å². The predicted molar refractivity (Wildman–Crippen MR) is 82.0 cm³/mol. The first-order valence-electron chi connectivity index (χ1n) is 8.22. The molecule has 2 heterocycles. The quantitative estimate of drug-likeness (QED) is 0.834. The zero-order valence-electron chi connectivity index (χ0n) is 13.5. The molecule has 0 amide bonds. The molecule has 2 aliphatic heterocycles. The van der Waals surface area contributed by atoms with Gasteiger partial charge >= 0.3 is 0 Å². The van der Waals surface area contributed by atoms with Gasteiger partial charge in [-0.15, -0.1) is 0 Å². The number of ether oxygens (including phenoxy) is 1. The highest BCUT2D eigenvalue weighted by Gasteiger charge is 2.28. The first kappa shape index (κ1) is 16.2. The summed E-state index contributed by atoms with van der Waals surface area (Å²) in [6.07, 6.45) is 4.93. The van der Waals surface area contributed by atoms with Gasteiger partial charge in [-0.05, 0) is 66.1 Å². The second kappa shape index (κ2) is 7.21. The van der Waals surface area contributed by atoms with Gasteiger partial charge < -0.3 is 9.84 Å². The number of likely N-dealkylation sites (tertiary alicyclic amines) is 2. The van der Waals surface area contributed by atoms with Gasteiger partial charge in [-0.1, -0.05) is 0 Å².